The number of para-hydroxylation sites is 2. The molecule has 0 saturated carbocycles. The van der Waals surface area contributed by atoms with E-state index in [4.69, 9.17) is 0 Å². The maximum atomic E-state index is 12.2. The molecule has 9 heteroatoms. The van der Waals surface area contributed by atoms with E-state index in [1.165, 1.54) is 13.0 Å². The number of aryl methyl sites for hydroxylation is 1. The molecule has 0 bridgehead atoms. The van der Waals surface area contributed by atoms with Crippen LogP contribution >= 0.6 is 11.3 Å². The Morgan fingerprint density at radius 1 is 1.27 bits per heavy atom. The second-order valence-corrected chi connectivity index (χ2v) is 8.75. The fourth-order valence-corrected chi connectivity index (χ4v) is 4.90. The number of fused-ring (bicyclic) bond motifs is 1. The van der Waals surface area contributed by atoms with E-state index >= 15 is 0 Å². The van der Waals surface area contributed by atoms with E-state index in [0.717, 1.165) is 28.2 Å². The van der Waals surface area contributed by atoms with Gasteiger partial charge in [0.25, 0.3) is 10.0 Å². The summed E-state index contributed by atoms with van der Waals surface area (Å²) in [5, 5.41) is 4.45. The molecule has 0 fully saturated rings. The van der Waals surface area contributed by atoms with Gasteiger partial charge in [-0.2, -0.15) is 4.72 Å². The molecule has 26 heavy (non-hydrogen) atoms. The molecule has 2 N–H and O–H groups in total. The Bertz CT molecular complexity index is 1010. The van der Waals surface area contributed by atoms with Gasteiger partial charge in [-0.15, -0.1) is 11.3 Å². The predicted octanol–water partition coefficient (Wildman–Crippen LogP) is 1.89. The topological polar surface area (TPSA) is 93.1 Å². The Labute approximate surface area is 156 Å². The van der Waals surface area contributed by atoms with Crippen LogP contribution in [0.3, 0.4) is 0 Å². The highest BCUT2D eigenvalue weighted by Gasteiger charge is 2.22. The number of thiophene rings is 1. The van der Waals surface area contributed by atoms with Gasteiger partial charge in [-0.1, -0.05) is 18.2 Å². The lowest BCUT2D eigenvalue weighted by Crippen LogP contribution is -2.45. The van der Waals surface area contributed by atoms with Gasteiger partial charge in [-0.3, -0.25) is 4.79 Å². The Balaban J connectivity index is 1.57. The summed E-state index contributed by atoms with van der Waals surface area (Å²) in [5.41, 5.74) is 1.92. The van der Waals surface area contributed by atoms with Gasteiger partial charge in [-0.05, 0) is 37.4 Å². The molecule has 1 unspecified atom stereocenters. The van der Waals surface area contributed by atoms with E-state index in [2.05, 4.69) is 15.0 Å². The average Bonchev–Trinajstić information content (AvgIpc) is 3.23. The van der Waals surface area contributed by atoms with E-state index in [0.29, 0.717) is 13.1 Å². The summed E-state index contributed by atoms with van der Waals surface area (Å²) in [7, 11) is -3.67. The number of aromatic nitrogens is 2. The van der Waals surface area contributed by atoms with Crippen molar-refractivity contribution in [2.75, 3.05) is 6.54 Å². The van der Waals surface area contributed by atoms with E-state index in [1.807, 2.05) is 35.8 Å². The minimum atomic E-state index is -3.67. The largest absolute Gasteiger partial charge is 0.353 e. The highest BCUT2D eigenvalue weighted by atomic mass is 32.2. The van der Waals surface area contributed by atoms with Gasteiger partial charge in [0.1, 0.15) is 10.0 Å². The molecule has 0 aliphatic carbocycles. The summed E-state index contributed by atoms with van der Waals surface area (Å²) in [4.78, 5) is 16.7. The number of carbonyl (C=O) groups is 1. The fourth-order valence-electron chi connectivity index (χ4n) is 2.68. The summed E-state index contributed by atoms with van der Waals surface area (Å²) in [5.74, 6) is 0.499. The van der Waals surface area contributed by atoms with E-state index in [9.17, 15) is 13.2 Å². The average molecular weight is 393 g/mol. The van der Waals surface area contributed by atoms with Crippen LogP contribution in [0.15, 0.2) is 46.0 Å². The number of benzene rings is 1. The van der Waals surface area contributed by atoms with Crippen LogP contribution in [-0.2, 0) is 21.4 Å². The van der Waals surface area contributed by atoms with Crippen LogP contribution in [-0.4, -0.2) is 36.5 Å². The molecule has 2 aromatic heterocycles. The molecule has 3 rings (SSSR count). The highest BCUT2D eigenvalue weighted by molar-refractivity contribution is 7.91. The number of hydrogen-bond acceptors (Lipinski definition) is 5. The van der Waals surface area contributed by atoms with Crippen LogP contribution in [0.25, 0.3) is 11.0 Å². The van der Waals surface area contributed by atoms with Gasteiger partial charge >= 0.3 is 0 Å². The van der Waals surface area contributed by atoms with Crippen molar-refractivity contribution in [3.63, 3.8) is 0 Å². The monoisotopic (exact) mass is 392 g/mol. The lowest BCUT2D eigenvalue weighted by atomic mass is 10.3. The number of nitrogens with one attached hydrogen (secondary N) is 2. The van der Waals surface area contributed by atoms with Crippen molar-refractivity contribution in [1.29, 1.82) is 0 Å². The Kier molecular flexibility index (Phi) is 5.40. The highest BCUT2D eigenvalue weighted by Crippen LogP contribution is 2.16. The molecular weight excluding hydrogens is 372 g/mol. The third-order valence-corrected chi connectivity index (χ3v) is 6.90. The third-order valence-electron chi connectivity index (χ3n) is 3.97. The molecule has 138 valence electrons. The Hall–Kier alpha value is -2.23. The zero-order valence-electron chi connectivity index (χ0n) is 14.5. The van der Waals surface area contributed by atoms with Crippen molar-refractivity contribution in [1.82, 2.24) is 19.6 Å². The summed E-state index contributed by atoms with van der Waals surface area (Å²) in [6.07, 6.45) is 0. The lowest BCUT2D eigenvalue weighted by molar-refractivity contribution is -0.122. The van der Waals surface area contributed by atoms with Crippen LogP contribution in [0.4, 0.5) is 0 Å². The van der Waals surface area contributed by atoms with E-state index < -0.39 is 16.1 Å². The number of imidazole rings is 1. The molecule has 0 aliphatic heterocycles. The molecule has 1 aromatic carbocycles. The quantitative estimate of drug-likeness (QED) is 0.642. The second kappa shape index (κ2) is 7.56. The summed E-state index contributed by atoms with van der Waals surface area (Å²) in [6, 6.07) is 10.1. The van der Waals surface area contributed by atoms with Gasteiger partial charge in [-0.25, -0.2) is 13.4 Å². The van der Waals surface area contributed by atoms with Gasteiger partial charge in [0.15, 0.2) is 0 Å². The first kappa shape index (κ1) is 18.6. The van der Waals surface area contributed by atoms with Crippen LogP contribution in [0.5, 0.6) is 0 Å². The second-order valence-electron chi connectivity index (χ2n) is 5.87. The number of sulfonamides is 1. The fraction of sp³-hybridized carbons (Fsp3) is 0.294. The van der Waals surface area contributed by atoms with Crippen LogP contribution in [0.2, 0.25) is 0 Å². The van der Waals surface area contributed by atoms with Gasteiger partial charge < -0.3 is 9.88 Å². The summed E-state index contributed by atoms with van der Waals surface area (Å²) < 4.78 is 28.9. The molecule has 0 aliphatic rings. The van der Waals surface area contributed by atoms with Crippen molar-refractivity contribution >= 4 is 38.3 Å². The first-order valence-corrected chi connectivity index (χ1v) is 10.5. The third kappa shape index (κ3) is 3.95. The number of hydrogen-bond donors (Lipinski definition) is 2. The minimum absolute atomic E-state index is 0.192. The molecule has 1 atom stereocenters. The molecule has 7 nitrogen and oxygen atoms in total. The number of nitrogens with zero attached hydrogens (tertiary/aromatic N) is 2. The maximum absolute atomic E-state index is 12.2. The van der Waals surface area contributed by atoms with Gasteiger partial charge in [0.2, 0.25) is 5.91 Å². The van der Waals surface area contributed by atoms with E-state index in [-0.39, 0.29) is 10.1 Å². The Morgan fingerprint density at radius 3 is 2.77 bits per heavy atom. The van der Waals surface area contributed by atoms with E-state index in [1.54, 1.807) is 11.4 Å². The molecule has 0 radical (unpaired) electrons. The zero-order chi connectivity index (χ0) is 18.7. The summed E-state index contributed by atoms with van der Waals surface area (Å²) >= 11 is 1.11. The van der Waals surface area contributed by atoms with Crippen LogP contribution < -0.4 is 10.0 Å². The Morgan fingerprint density at radius 2 is 2.04 bits per heavy atom. The maximum Gasteiger partial charge on any atom is 0.250 e. The standard InChI is InChI=1S/C17H20N4O3S2/c1-12(20-26(23,24)16-8-5-11-25-16)17(22)18-9-10-21-13(2)19-14-6-3-4-7-15(14)21/h3-8,11-12,20H,9-10H2,1-2H3,(H,18,22). The smallest absolute Gasteiger partial charge is 0.250 e. The van der Waals surface area contributed by atoms with Crippen LogP contribution in [0, 0.1) is 6.92 Å². The molecule has 1 amide bonds. The predicted molar refractivity (Wildman–Crippen MR) is 102 cm³/mol. The first-order valence-electron chi connectivity index (χ1n) is 8.14. The summed E-state index contributed by atoms with van der Waals surface area (Å²) in [6.45, 7) is 4.38. The van der Waals surface area contributed by atoms with Gasteiger partial charge in [0.05, 0.1) is 17.1 Å². The SMILES string of the molecule is Cc1nc2ccccc2n1CCNC(=O)C(C)NS(=O)(=O)c1cccs1. The molecule has 2 heterocycles. The zero-order valence-corrected chi connectivity index (χ0v) is 16.1. The van der Waals surface area contributed by atoms with Crippen molar-refractivity contribution in [3.8, 4) is 0 Å². The number of rotatable bonds is 7. The minimum Gasteiger partial charge on any atom is -0.353 e. The molecule has 0 spiro atoms. The normalized spacial score (nSPS) is 13.0. The van der Waals surface area contributed by atoms with Crippen LogP contribution in [0.1, 0.15) is 12.7 Å². The van der Waals surface area contributed by atoms with Crippen molar-refractivity contribution < 1.29 is 13.2 Å². The van der Waals surface area contributed by atoms with Crippen molar-refractivity contribution in [3.05, 3.63) is 47.6 Å². The first-order chi connectivity index (χ1) is 12.4. The molecule has 3 aromatic rings. The number of carbonyl (C=O) groups excluding carboxylic acids is 1. The van der Waals surface area contributed by atoms with Crippen molar-refractivity contribution in [2.45, 2.75) is 30.6 Å². The van der Waals surface area contributed by atoms with Gasteiger partial charge in [0, 0.05) is 13.1 Å². The number of amides is 1. The molecule has 0 saturated heterocycles. The lowest BCUT2D eigenvalue weighted by Gasteiger charge is -2.14. The molecular formula is C17H20N4O3S2. The van der Waals surface area contributed by atoms with Crippen molar-refractivity contribution in [2.24, 2.45) is 0 Å².